The van der Waals surface area contributed by atoms with E-state index in [1.54, 1.807) is 7.11 Å². The van der Waals surface area contributed by atoms with Crippen LogP contribution >= 0.6 is 0 Å². The molecule has 2 N–H and O–H groups in total. The second kappa shape index (κ2) is 4.72. The van der Waals surface area contributed by atoms with Gasteiger partial charge in [-0.3, -0.25) is 4.79 Å². The molecule has 92 valence electrons. The van der Waals surface area contributed by atoms with Gasteiger partial charge in [0.2, 0.25) is 5.91 Å². The number of carbonyl (C=O) groups excluding carboxylic acids is 1. The van der Waals surface area contributed by atoms with E-state index in [0.29, 0.717) is 5.92 Å². The molecule has 1 heterocycles. The number of likely N-dealkylation sites (tertiary alicyclic amines) is 1. The lowest BCUT2D eigenvalue weighted by atomic mass is 9.69. The summed E-state index contributed by atoms with van der Waals surface area (Å²) in [5.41, 5.74) is 5.66. The monoisotopic (exact) mass is 226 g/mol. The second-order valence-electron chi connectivity index (χ2n) is 5.22. The molecule has 1 aliphatic heterocycles. The van der Waals surface area contributed by atoms with E-state index in [0.717, 1.165) is 19.7 Å². The number of ether oxygens (including phenoxy) is 1. The Kier molecular flexibility index (Phi) is 3.50. The third kappa shape index (κ3) is 1.96. The lowest BCUT2D eigenvalue weighted by molar-refractivity contribution is -0.129. The Hall–Kier alpha value is -0.610. The summed E-state index contributed by atoms with van der Waals surface area (Å²) in [6.45, 7) is 2.66. The zero-order chi connectivity index (χ0) is 11.6. The first kappa shape index (κ1) is 11.9. The van der Waals surface area contributed by atoms with Crippen molar-refractivity contribution in [2.45, 2.75) is 25.7 Å². The van der Waals surface area contributed by atoms with Gasteiger partial charge in [0.25, 0.3) is 0 Å². The third-order valence-electron chi connectivity index (χ3n) is 4.25. The molecule has 2 rings (SSSR count). The van der Waals surface area contributed by atoms with Crippen molar-refractivity contribution < 1.29 is 9.53 Å². The normalized spacial score (nSPS) is 33.9. The lowest BCUT2D eigenvalue weighted by Gasteiger charge is -2.37. The molecule has 1 saturated heterocycles. The number of nitrogens with zero attached hydrogens (tertiary/aromatic N) is 1. The zero-order valence-electron chi connectivity index (χ0n) is 10.1. The van der Waals surface area contributed by atoms with Crippen LogP contribution < -0.4 is 5.73 Å². The quantitative estimate of drug-likeness (QED) is 0.767. The number of hydrogen-bond donors (Lipinski definition) is 1. The van der Waals surface area contributed by atoms with E-state index in [1.807, 2.05) is 4.90 Å². The van der Waals surface area contributed by atoms with Crippen LogP contribution in [0.5, 0.6) is 0 Å². The number of amides is 1. The Labute approximate surface area is 97.1 Å². The Morgan fingerprint density at radius 2 is 2.38 bits per heavy atom. The molecule has 0 aromatic heterocycles. The van der Waals surface area contributed by atoms with Crippen molar-refractivity contribution in [2.75, 3.05) is 33.4 Å². The van der Waals surface area contributed by atoms with Gasteiger partial charge in [-0.2, -0.15) is 0 Å². The van der Waals surface area contributed by atoms with Gasteiger partial charge < -0.3 is 15.4 Å². The minimum absolute atomic E-state index is 0.0879. The van der Waals surface area contributed by atoms with Gasteiger partial charge in [0, 0.05) is 25.6 Å². The molecule has 2 atom stereocenters. The second-order valence-corrected chi connectivity index (χ2v) is 5.22. The van der Waals surface area contributed by atoms with Crippen LogP contribution in [0.15, 0.2) is 0 Å². The van der Waals surface area contributed by atoms with Gasteiger partial charge in [-0.1, -0.05) is 12.8 Å². The average molecular weight is 226 g/mol. The fourth-order valence-corrected chi connectivity index (χ4v) is 3.42. The van der Waals surface area contributed by atoms with E-state index >= 15 is 0 Å². The lowest BCUT2D eigenvalue weighted by Crippen LogP contribution is -2.39. The van der Waals surface area contributed by atoms with Crippen LogP contribution in [0.3, 0.4) is 0 Å². The Balaban J connectivity index is 2.10. The van der Waals surface area contributed by atoms with Crippen molar-refractivity contribution in [3.05, 3.63) is 0 Å². The first-order valence-corrected chi connectivity index (χ1v) is 6.18. The minimum atomic E-state index is 0.0879. The van der Waals surface area contributed by atoms with Crippen LogP contribution in [-0.2, 0) is 9.53 Å². The van der Waals surface area contributed by atoms with Crippen molar-refractivity contribution >= 4 is 5.91 Å². The standard InChI is InChI=1S/C12H22N2O2/c1-16-9-12-5-3-2-4-10(12)7-14(8-12)11(15)6-13/h10H,2-9,13H2,1H3/t10-,12-/m1/s1. The highest BCUT2D eigenvalue weighted by Crippen LogP contribution is 2.46. The van der Waals surface area contributed by atoms with Gasteiger partial charge in [0.1, 0.15) is 0 Å². The van der Waals surface area contributed by atoms with Gasteiger partial charge in [-0.15, -0.1) is 0 Å². The number of nitrogens with two attached hydrogens (primary N) is 1. The molecule has 4 nitrogen and oxygen atoms in total. The smallest absolute Gasteiger partial charge is 0.236 e. The maximum absolute atomic E-state index is 11.7. The molecule has 0 radical (unpaired) electrons. The van der Waals surface area contributed by atoms with Crippen LogP contribution in [-0.4, -0.2) is 44.2 Å². The highest BCUT2D eigenvalue weighted by atomic mass is 16.5. The van der Waals surface area contributed by atoms with Crippen LogP contribution in [0, 0.1) is 11.3 Å². The molecule has 0 spiro atoms. The highest BCUT2D eigenvalue weighted by Gasteiger charge is 2.48. The number of carbonyl (C=O) groups is 1. The summed E-state index contributed by atoms with van der Waals surface area (Å²) in [6, 6.07) is 0. The Bertz CT molecular complexity index is 266. The van der Waals surface area contributed by atoms with Gasteiger partial charge in [-0.05, 0) is 18.8 Å². The molecule has 1 aliphatic carbocycles. The maximum Gasteiger partial charge on any atom is 0.236 e. The fraction of sp³-hybridized carbons (Fsp3) is 0.917. The average Bonchev–Trinajstić information content (AvgIpc) is 2.67. The van der Waals surface area contributed by atoms with Gasteiger partial charge >= 0.3 is 0 Å². The van der Waals surface area contributed by atoms with Crippen molar-refractivity contribution in [3.63, 3.8) is 0 Å². The van der Waals surface area contributed by atoms with Crippen molar-refractivity contribution in [1.29, 1.82) is 0 Å². The van der Waals surface area contributed by atoms with Crippen molar-refractivity contribution in [3.8, 4) is 0 Å². The van der Waals surface area contributed by atoms with E-state index in [2.05, 4.69) is 0 Å². The van der Waals surface area contributed by atoms with Crippen LogP contribution in [0.1, 0.15) is 25.7 Å². The van der Waals surface area contributed by atoms with Gasteiger partial charge in [0.05, 0.1) is 13.2 Å². The van der Waals surface area contributed by atoms with Crippen molar-refractivity contribution in [1.82, 2.24) is 4.90 Å². The largest absolute Gasteiger partial charge is 0.384 e. The molecule has 2 aliphatic rings. The number of fused-ring (bicyclic) bond motifs is 1. The summed E-state index contributed by atoms with van der Waals surface area (Å²) in [7, 11) is 1.76. The molecule has 1 saturated carbocycles. The molecular weight excluding hydrogens is 204 g/mol. The summed E-state index contributed by atoms with van der Waals surface area (Å²) in [5, 5.41) is 0. The molecule has 2 fully saturated rings. The molecule has 4 heteroatoms. The SMILES string of the molecule is COC[C@]12CCCC[C@@H]1CN(C(=O)CN)C2. The first-order valence-electron chi connectivity index (χ1n) is 6.18. The first-order chi connectivity index (χ1) is 7.72. The molecular formula is C12H22N2O2. The number of rotatable bonds is 3. The van der Waals surface area contributed by atoms with E-state index in [4.69, 9.17) is 10.5 Å². The van der Waals surface area contributed by atoms with E-state index in [1.165, 1.54) is 25.7 Å². The fourth-order valence-electron chi connectivity index (χ4n) is 3.42. The molecule has 16 heavy (non-hydrogen) atoms. The van der Waals surface area contributed by atoms with E-state index in [-0.39, 0.29) is 17.9 Å². The molecule has 0 bridgehead atoms. The van der Waals surface area contributed by atoms with E-state index < -0.39 is 0 Å². The zero-order valence-corrected chi connectivity index (χ0v) is 10.1. The van der Waals surface area contributed by atoms with Crippen molar-refractivity contribution in [2.24, 2.45) is 17.1 Å². The van der Waals surface area contributed by atoms with Gasteiger partial charge in [0.15, 0.2) is 0 Å². The highest BCUT2D eigenvalue weighted by molar-refractivity contribution is 5.78. The molecule has 0 aromatic rings. The van der Waals surface area contributed by atoms with Crippen LogP contribution in [0.2, 0.25) is 0 Å². The Morgan fingerprint density at radius 3 is 3.06 bits per heavy atom. The molecule has 0 aromatic carbocycles. The predicted molar refractivity (Wildman–Crippen MR) is 61.9 cm³/mol. The van der Waals surface area contributed by atoms with Crippen LogP contribution in [0.25, 0.3) is 0 Å². The Morgan fingerprint density at radius 1 is 1.56 bits per heavy atom. The summed E-state index contributed by atoms with van der Waals surface area (Å²) < 4.78 is 5.38. The summed E-state index contributed by atoms with van der Waals surface area (Å²) in [5.74, 6) is 0.710. The summed E-state index contributed by atoms with van der Waals surface area (Å²) in [4.78, 5) is 13.6. The molecule has 1 amide bonds. The summed E-state index contributed by atoms with van der Waals surface area (Å²) in [6.07, 6.45) is 4.99. The third-order valence-corrected chi connectivity index (χ3v) is 4.25. The topological polar surface area (TPSA) is 55.6 Å². The number of hydrogen-bond acceptors (Lipinski definition) is 3. The van der Waals surface area contributed by atoms with Gasteiger partial charge in [-0.25, -0.2) is 0 Å². The summed E-state index contributed by atoms with van der Waals surface area (Å²) >= 11 is 0. The molecule has 0 unspecified atom stereocenters. The predicted octanol–water partition coefficient (Wildman–Crippen LogP) is 0.610. The van der Waals surface area contributed by atoms with Crippen LogP contribution in [0.4, 0.5) is 0 Å². The minimum Gasteiger partial charge on any atom is -0.384 e. The van der Waals surface area contributed by atoms with E-state index in [9.17, 15) is 4.79 Å². The maximum atomic E-state index is 11.7. The number of methoxy groups -OCH3 is 1.